The number of hydrogen-bond acceptors (Lipinski definition) is 4. The Morgan fingerprint density at radius 1 is 1.00 bits per heavy atom. The molecule has 0 fully saturated rings. The number of ether oxygens (including phenoxy) is 3. The highest BCUT2D eigenvalue weighted by Crippen LogP contribution is 2.43. The monoisotopic (exact) mass is 265 g/mol. The van der Waals surface area contributed by atoms with Gasteiger partial charge in [0.05, 0.1) is 21.3 Å². The van der Waals surface area contributed by atoms with Crippen LogP contribution in [-0.2, 0) is 12.8 Å². The zero-order valence-electron chi connectivity index (χ0n) is 12.4. The van der Waals surface area contributed by atoms with E-state index < -0.39 is 0 Å². The molecular formula is C15H23NO3. The summed E-state index contributed by atoms with van der Waals surface area (Å²) < 4.78 is 16.5. The van der Waals surface area contributed by atoms with Gasteiger partial charge in [0.25, 0.3) is 0 Å². The minimum Gasteiger partial charge on any atom is -0.496 e. The number of fused-ring (bicyclic) bond motifs is 1. The van der Waals surface area contributed by atoms with E-state index in [2.05, 4.69) is 19.0 Å². The highest BCUT2D eigenvalue weighted by molar-refractivity contribution is 5.58. The smallest absolute Gasteiger partial charge is 0.164 e. The van der Waals surface area contributed by atoms with Crippen molar-refractivity contribution in [1.29, 1.82) is 0 Å². The van der Waals surface area contributed by atoms with Gasteiger partial charge in [0.2, 0.25) is 0 Å². The first kappa shape index (κ1) is 14.0. The summed E-state index contributed by atoms with van der Waals surface area (Å²) >= 11 is 0. The largest absolute Gasteiger partial charge is 0.496 e. The van der Waals surface area contributed by atoms with Crippen molar-refractivity contribution in [1.82, 2.24) is 4.90 Å². The fraction of sp³-hybridized carbons (Fsp3) is 0.600. The van der Waals surface area contributed by atoms with Crippen LogP contribution in [0, 0.1) is 0 Å². The first-order valence-corrected chi connectivity index (χ1v) is 6.59. The molecule has 4 nitrogen and oxygen atoms in total. The Kier molecular flexibility index (Phi) is 4.20. The van der Waals surface area contributed by atoms with Crippen molar-refractivity contribution in [3.8, 4) is 17.2 Å². The second kappa shape index (κ2) is 5.70. The Morgan fingerprint density at radius 2 is 1.68 bits per heavy atom. The van der Waals surface area contributed by atoms with E-state index in [0.29, 0.717) is 6.04 Å². The fourth-order valence-corrected chi connectivity index (χ4v) is 2.84. The SMILES string of the molecule is COc1cc(OC)c(OC)c2c1CC(N(C)C)CC2. The summed E-state index contributed by atoms with van der Waals surface area (Å²) in [5.41, 5.74) is 2.49. The third kappa shape index (κ3) is 2.50. The highest BCUT2D eigenvalue weighted by atomic mass is 16.5. The third-order valence-electron chi connectivity index (χ3n) is 3.96. The van der Waals surface area contributed by atoms with Crippen molar-refractivity contribution >= 4 is 0 Å². The molecule has 19 heavy (non-hydrogen) atoms. The van der Waals surface area contributed by atoms with E-state index in [4.69, 9.17) is 14.2 Å². The van der Waals surface area contributed by atoms with Gasteiger partial charge in [-0.05, 0) is 33.4 Å². The summed E-state index contributed by atoms with van der Waals surface area (Å²) in [4.78, 5) is 2.28. The van der Waals surface area contributed by atoms with E-state index in [1.165, 1.54) is 11.1 Å². The van der Waals surface area contributed by atoms with Gasteiger partial charge in [-0.3, -0.25) is 0 Å². The minimum atomic E-state index is 0.555. The normalized spacial score (nSPS) is 18.1. The topological polar surface area (TPSA) is 30.9 Å². The molecule has 1 aliphatic carbocycles. The van der Waals surface area contributed by atoms with Crippen LogP contribution in [0.5, 0.6) is 17.2 Å². The highest BCUT2D eigenvalue weighted by Gasteiger charge is 2.28. The van der Waals surface area contributed by atoms with Gasteiger partial charge in [-0.25, -0.2) is 0 Å². The van der Waals surface area contributed by atoms with E-state index in [-0.39, 0.29) is 0 Å². The van der Waals surface area contributed by atoms with Crippen LogP contribution in [0.25, 0.3) is 0 Å². The number of hydrogen-bond donors (Lipinski definition) is 0. The summed E-state index contributed by atoms with van der Waals surface area (Å²) in [7, 11) is 9.32. The van der Waals surface area contributed by atoms with Crippen LogP contribution in [0.15, 0.2) is 6.07 Å². The maximum absolute atomic E-state index is 5.54. The lowest BCUT2D eigenvalue weighted by Crippen LogP contribution is -2.33. The number of rotatable bonds is 4. The average Bonchev–Trinajstić information content (AvgIpc) is 2.44. The molecule has 0 aliphatic heterocycles. The molecule has 0 spiro atoms. The molecular weight excluding hydrogens is 242 g/mol. The molecule has 0 bridgehead atoms. The van der Waals surface area contributed by atoms with Crippen LogP contribution >= 0.6 is 0 Å². The molecule has 0 saturated heterocycles. The van der Waals surface area contributed by atoms with Gasteiger partial charge in [-0.1, -0.05) is 0 Å². The summed E-state index contributed by atoms with van der Waals surface area (Å²) in [6, 6.07) is 2.48. The fourth-order valence-electron chi connectivity index (χ4n) is 2.84. The van der Waals surface area contributed by atoms with Crippen LogP contribution in [0.2, 0.25) is 0 Å². The number of likely N-dealkylation sites (N-methyl/N-ethyl adjacent to an activating group) is 1. The van der Waals surface area contributed by atoms with Gasteiger partial charge in [-0.2, -0.15) is 0 Å². The Bertz CT molecular complexity index is 457. The zero-order chi connectivity index (χ0) is 14.0. The summed E-state index contributed by atoms with van der Waals surface area (Å²) in [6.07, 6.45) is 3.12. The molecule has 1 aromatic carbocycles. The van der Waals surface area contributed by atoms with Crippen LogP contribution in [0.3, 0.4) is 0 Å². The van der Waals surface area contributed by atoms with Gasteiger partial charge in [-0.15, -0.1) is 0 Å². The first-order chi connectivity index (χ1) is 9.12. The molecule has 0 radical (unpaired) electrons. The van der Waals surface area contributed by atoms with Gasteiger partial charge in [0, 0.05) is 23.2 Å². The summed E-state index contributed by atoms with van der Waals surface area (Å²) in [5, 5.41) is 0. The van der Waals surface area contributed by atoms with Crippen molar-refractivity contribution in [3.63, 3.8) is 0 Å². The van der Waals surface area contributed by atoms with Gasteiger partial charge < -0.3 is 19.1 Å². The summed E-state index contributed by atoms with van der Waals surface area (Å²) in [6.45, 7) is 0. The number of nitrogens with zero attached hydrogens (tertiary/aromatic N) is 1. The standard InChI is InChI=1S/C15H23NO3/c1-16(2)10-6-7-11-12(8-10)13(17-3)9-14(18-4)15(11)19-5/h9-10H,6-8H2,1-5H3. The molecule has 4 heteroatoms. The molecule has 0 heterocycles. The van der Waals surface area contributed by atoms with E-state index >= 15 is 0 Å². The van der Waals surface area contributed by atoms with Gasteiger partial charge in [0.1, 0.15) is 5.75 Å². The number of methoxy groups -OCH3 is 3. The molecule has 0 saturated carbocycles. The zero-order valence-corrected chi connectivity index (χ0v) is 12.4. The Morgan fingerprint density at radius 3 is 2.21 bits per heavy atom. The molecule has 0 N–H and O–H groups in total. The Balaban J connectivity index is 2.50. The number of benzene rings is 1. The van der Waals surface area contributed by atoms with Crippen LogP contribution in [0.1, 0.15) is 17.5 Å². The third-order valence-corrected chi connectivity index (χ3v) is 3.96. The van der Waals surface area contributed by atoms with Crippen molar-refractivity contribution in [2.24, 2.45) is 0 Å². The minimum absolute atomic E-state index is 0.555. The van der Waals surface area contributed by atoms with E-state index in [1.807, 2.05) is 6.07 Å². The van der Waals surface area contributed by atoms with Gasteiger partial charge >= 0.3 is 0 Å². The van der Waals surface area contributed by atoms with E-state index in [1.54, 1.807) is 21.3 Å². The maximum atomic E-state index is 5.54. The van der Waals surface area contributed by atoms with Crippen molar-refractivity contribution in [3.05, 3.63) is 17.2 Å². The molecule has 1 unspecified atom stereocenters. The lowest BCUT2D eigenvalue weighted by atomic mass is 9.86. The molecule has 2 rings (SSSR count). The van der Waals surface area contributed by atoms with Crippen LogP contribution in [0.4, 0.5) is 0 Å². The lowest BCUT2D eigenvalue weighted by Gasteiger charge is -2.32. The molecule has 0 aromatic heterocycles. The molecule has 0 amide bonds. The molecule has 1 aromatic rings. The van der Waals surface area contributed by atoms with Crippen molar-refractivity contribution in [2.45, 2.75) is 25.3 Å². The van der Waals surface area contributed by atoms with Gasteiger partial charge in [0.15, 0.2) is 11.5 Å². The predicted octanol–water partition coefficient (Wildman–Crippen LogP) is 2.13. The average molecular weight is 265 g/mol. The molecule has 1 aliphatic rings. The maximum Gasteiger partial charge on any atom is 0.164 e. The Labute approximate surface area is 115 Å². The lowest BCUT2D eigenvalue weighted by molar-refractivity contribution is 0.260. The van der Waals surface area contributed by atoms with E-state index in [0.717, 1.165) is 36.5 Å². The second-order valence-corrected chi connectivity index (χ2v) is 5.13. The first-order valence-electron chi connectivity index (χ1n) is 6.59. The second-order valence-electron chi connectivity index (χ2n) is 5.13. The summed E-state index contributed by atoms with van der Waals surface area (Å²) in [5.74, 6) is 2.51. The molecule has 106 valence electrons. The van der Waals surface area contributed by atoms with E-state index in [9.17, 15) is 0 Å². The van der Waals surface area contributed by atoms with Crippen molar-refractivity contribution < 1.29 is 14.2 Å². The van der Waals surface area contributed by atoms with Crippen LogP contribution in [-0.4, -0.2) is 46.4 Å². The Hall–Kier alpha value is -1.42. The predicted molar refractivity (Wildman–Crippen MR) is 75.6 cm³/mol. The van der Waals surface area contributed by atoms with Crippen molar-refractivity contribution in [2.75, 3.05) is 35.4 Å². The van der Waals surface area contributed by atoms with Crippen LogP contribution < -0.4 is 14.2 Å². The quantitative estimate of drug-likeness (QED) is 0.834. The molecule has 1 atom stereocenters.